The minimum Gasteiger partial charge on any atom is -0.493 e. The molecule has 2 aromatic rings. The number of carbonyl (C=O) groups excluding carboxylic acids is 1. The van der Waals surface area contributed by atoms with E-state index in [0.717, 1.165) is 0 Å². The molecule has 0 bridgehead atoms. The lowest BCUT2D eigenvalue weighted by atomic mass is 10.2. The van der Waals surface area contributed by atoms with Gasteiger partial charge in [-0.1, -0.05) is 18.2 Å². The predicted molar refractivity (Wildman–Crippen MR) is 93.9 cm³/mol. The third kappa shape index (κ3) is 4.91. The molecule has 0 fully saturated rings. The Bertz CT molecular complexity index is 685. The maximum Gasteiger partial charge on any atom is 0.265 e. The molecule has 5 heteroatoms. The van der Waals surface area contributed by atoms with Crippen LogP contribution in [0.3, 0.4) is 0 Å². The zero-order valence-corrected chi connectivity index (χ0v) is 14.4. The third-order valence-electron chi connectivity index (χ3n) is 3.22. The summed E-state index contributed by atoms with van der Waals surface area (Å²) in [6, 6.07) is 14.5. The molecule has 1 unspecified atom stereocenters. The molecule has 1 N–H and O–H groups in total. The average molecular weight is 329 g/mol. The molecule has 128 valence electrons. The Hall–Kier alpha value is -2.69. The number of amides is 1. The van der Waals surface area contributed by atoms with Crippen LogP contribution < -0.4 is 19.5 Å². The molecule has 1 atom stereocenters. The molecule has 0 heterocycles. The molecule has 0 aliphatic heterocycles. The second kappa shape index (κ2) is 8.24. The van der Waals surface area contributed by atoms with Gasteiger partial charge in [-0.2, -0.15) is 0 Å². The lowest BCUT2D eigenvalue weighted by Crippen LogP contribution is -2.30. The van der Waals surface area contributed by atoms with E-state index in [1.807, 2.05) is 38.1 Å². The van der Waals surface area contributed by atoms with Crippen molar-refractivity contribution in [2.75, 3.05) is 12.4 Å². The van der Waals surface area contributed by atoms with Crippen LogP contribution in [0.25, 0.3) is 0 Å². The van der Waals surface area contributed by atoms with E-state index >= 15 is 0 Å². The van der Waals surface area contributed by atoms with E-state index in [1.54, 1.807) is 38.3 Å². The molecular formula is C19H23NO4. The minimum absolute atomic E-state index is 0.0729. The highest BCUT2D eigenvalue weighted by Gasteiger charge is 2.17. The summed E-state index contributed by atoms with van der Waals surface area (Å²) in [5.74, 6) is 1.58. The number of benzene rings is 2. The number of anilines is 1. The zero-order chi connectivity index (χ0) is 17.5. The first kappa shape index (κ1) is 17.7. The van der Waals surface area contributed by atoms with E-state index in [2.05, 4.69) is 5.32 Å². The van der Waals surface area contributed by atoms with E-state index in [0.29, 0.717) is 22.9 Å². The van der Waals surface area contributed by atoms with Crippen LogP contribution in [-0.2, 0) is 4.79 Å². The molecule has 0 saturated carbocycles. The van der Waals surface area contributed by atoms with Gasteiger partial charge in [0.25, 0.3) is 5.91 Å². The molecule has 0 aromatic heterocycles. The van der Waals surface area contributed by atoms with Gasteiger partial charge in [0.2, 0.25) is 0 Å². The Labute approximate surface area is 142 Å². The van der Waals surface area contributed by atoms with Crippen LogP contribution in [0.4, 0.5) is 5.69 Å². The quantitative estimate of drug-likeness (QED) is 0.837. The van der Waals surface area contributed by atoms with Crippen molar-refractivity contribution in [2.24, 2.45) is 0 Å². The van der Waals surface area contributed by atoms with Crippen molar-refractivity contribution in [3.05, 3.63) is 48.5 Å². The number of carbonyl (C=O) groups is 1. The van der Waals surface area contributed by atoms with Crippen molar-refractivity contribution in [3.63, 3.8) is 0 Å². The number of para-hydroxylation sites is 2. The Morgan fingerprint density at radius 3 is 2.33 bits per heavy atom. The second-order valence-electron chi connectivity index (χ2n) is 5.59. The van der Waals surface area contributed by atoms with Crippen molar-refractivity contribution in [1.82, 2.24) is 0 Å². The van der Waals surface area contributed by atoms with E-state index < -0.39 is 6.10 Å². The summed E-state index contributed by atoms with van der Waals surface area (Å²) in [6.45, 7) is 5.60. The summed E-state index contributed by atoms with van der Waals surface area (Å²) in [5.41, 5.74) is 0.661. The maximum absolute atomic E-state index is 12.3. The van der Waals surface area contributed by atoms with Gasteiger partial charge in [-0.05, 0) is 45.0 Å². The fourth-order valence-electron chi connectivity index (χ4n) is 2.12. The largest absolute Gasteiger partial charge is 0.493 e. The van der Waals surface area contributed by atoms with Crippen LogP contribution in [0.15, 0.2) is 48.5 Å². The van der Waals surface area contributed by atoms with Crippen LogP contribution in [0.5, 0.6) is 17.2 Å². The van der Waals surface area contributed by atoms with Crippen LogP contribution in [0.1, 0.15) is 20.8 Å². The summed E-state index contributed by atoms with van der Waals surface area (Å²) < 4.78 is 16.5. The van der Waals surface area contributed by atoms with Gasteiger partial charge in [0.1, 0.15) is 5.75 Å². The summed E-state index contributed by atoms with van der Waals surface area (Å²) in [4.78, 5) is 12.3. The van der Waals surface area contributed by atoms with Gasteiger partial charge >= 0.3 is 0 Å². The van der Waals surface area contributed by atoms with Gasteiger partial charge in [-0.3, -0.25) is 4.79 Å². The number of hydrogen-bond donors (Lipinski definition) is 1. The molecule has 2 aromatic carbocycles. The van der Waals surface area contributed by atoms with Gasteiger partial charge in [-0.15, -0.1) is 0 Å². The van der Waals surface area contributed by atoms with E-state index in [9.17, 15) is 4.79 Å². The summed E-state index contributed by atoms with van der Waals surface area (Å²) in [5, 5.41) is 2.83. The topological polar surface area (TPSA) is 56.8 Å². The monoisotopic (exact) mass is 329 g/mol. The lowest BCUT2D eigenvalue weighted by molar-refractivity contribution is -0.122. The molecule has 5 nitrogen and oxygen atoms in total. The Balaban J connectivity index is 2.01. The normalized spacial score (nSPS) is 11.7. The summed E-state index contributed by atoms with van der Waals surface area (Å²) in [7, 11) is 1.56. The molecule has 0 saturated heterocycles. The smallest absolute Gasteiger partial charge is 0.265 e. The number of methoxy groups -OCH3 is 1. The van der Waals surface area contributed by atoms with Crippen LogP contribution in [0.2, 0.25) is 0 Å². The molecule has 24 heavy (non-hydrogen) atoms. The zero-order valence-electron chi connectivity index (χ0n) is 14.4. The van der Waals surface area contributed by atoms with Crippen LogP contribution in [0, 0.1) is 0 Å². The molecule has 0 aliphatic rings. The molecular weight excluding hydrogens is 306 g/mol. The summed E-state index contributed by atoms with van der Waals surface area (Å²) >= 11 is 0. The first-order chi connectivity index (χ1) is 11.5. The van der Waals surface area contributed by atoms with Gasteiger partial charge in [0.15, 0.2) is 17.6 Å². The van der Waals surface area contributed by atoms with Crippen LogP contribution in [-0.4, -0.2) is 25.2 Å². The van der Waals surface area contributed by atoms with Crippen molar-refractivity contribution in [1.29, 1.82) is 0 Å². The highest BCUT2D eigenvalue weighted by molar-refractivity contribution is 5.94. The Morgan fingerprint density at radius 1 is 0.958 bits per heavy atom. The molecule has 0 spiro atoms. The van der Waals surface area contributed by atoms with Crippen molar-refractivity contribution in [3.8, 4) is 17.2 Å². The lowest BCUT2D eigenvalue weighted by Gasteiger charge is -2.17. The first-order valence-electron chi connectivity index (χ1n) is 7.87. The average Bonchev–Trinajstić information content (AvgIpc) is 2.55. The highest BCUT2D eigenvalue weighted by atomic mass is 16.5. The molecule has 0 aliphatic carbocycles. The molecule has 1 amide bonds. The van der Waals surface area contributed by atoms with Crippen molar-refractivity contribution >= 4 is 11.6 Å². The number of hydrogen-bond acceptors (Lipinski definition) is 4. The van der Waals surface area contributed by atoms with Gasteiger partial charge in [-0.25, -0.2) is 0 Å². The van der Waals surface area contributed by atoms with E-state index in [4.69, 9.17) is 14.2 Å². The van der Waals surface area contributed by atoms with Gasteiger partial charge in [0.05, 0.1) is 13.2 Å². The fraction of sp³-hybridized carbons (Fsp3) is 0.316. The Kier molecular flexibility index (Phi) is 6.07. The maximum atomic E-state index is 12.3. The fourth-order valence-corrected chi connectivity index (χ4v) is 2.12. The third-order valence-corrected chi connectivity index (χ3v) is 3.22. The highest BCUT2D eigenvalue weighted by Crippen LogP contribution is 2.27. The second-order valence-corrected chi connectivity index (χ2v) is 5.59. The van der Waals surface area contributed by atoms with Gasteiger partial charge < -0.3 is 19.5 Å². The molecule has 2 rings (SSSR count). The van der Waals surface area contributed by atoms with Crippen molar-refractivity contribution < 1.29 is 19.0 Å². The first-order valence-corrected chi connectivity index (χ1v) is 7.87. The number of ether oxygens (including phenoxy) is 3. The van der Waals surface area contributed by atoms with Crippen molar-refractivity contribution in [2.45, 2.75) is 33.0 Å². The van der Waals surface area contributed by atoms with E-state index in [-0.39, 0.29) is 12.0 Å². The standard InChI is InChI=1S/C19H23NO4/c1-13(2)23-16-9-7-8-15(12-16)20-19(21)14(3)24-18-11-6-5-10-17(18)22-4/h5-14H,1-4H3,(H,20,21). The Morgan fingerprint density at radius 2 is 1.67 bits per heavy atom. The SMILES string of the molecule is COc1ccccc1OC(C)C(=O)Nc1cccc(OC(C)C)c1. The number of rotatable bonds is 7. The summed E-state index contributed by atoms with van der Waals surface area (Å²) in [6.07, 6.45) is -0.597. The minimum atomic E-state index is -0.670. The molecule has 0 radical (unpaired) electrons. The van der Waals surface area contributed by atoms with Gasteiger partial charge in [0, 0.05) is 11.8 Å². The van der Waals surface area contributed by atoms with E-state index in [1.165, 1.54) is 0 Å². The number of nitrogens with one attached hydrogen (secondary N) is 1. The van der Waals surface area contributed by atoms with Crippen LogP contribution >= 0.6 is 0 Å². The predicted octanol–water partition coefficient (Wildman–Crippen LogP) is 3.89.